The Kier molecular flexibility index (Phi) is 4.55. The van der Waals surface area contributed by atoms with Crippen molar-refractivity contribution in [3.8, 4) is 0 Å². The van der Waals surface area contributed by atoms with E-state index >= 15 is 0 Å². The number of aryl methyl sites for hydroxylation is 1. The Morgan fingerprint density at radius 3 is 2.79 bits per heavy atom. The molecule has 1 atom stereocenters. The van der Waals surface area contributed by atoms with Crippen LogP contribution in [0.3, 0.4) is 0 Å². The van der Waals surface area contributed by atoms with Crippen LogP contribution in [0.5, 0.6) is 0 Å². The SMILES string of the molecule is CCC1(Cn2c(=O)n(C)c3ccc([I-]N([O-])O)cc32)CNC(=O)O1. The molecule has 0 bridgehead atoms. The van der Waals surface area contributed by atoms with Crippen LogP contribution >= 0.6 is 0 Å². The molecule has 9 nitrogen and oxygen atoms in total. The summed E-state index contributed by atoms with van der Waals surface area (Å²) >= 11 is -1.25. The van der Waals surface area contributed by atoms with Gasteiger partial charge in [-0.3, -0.25) is 0 Å². The van der Waals surface area contributed by atoms with Crippen molar-refractivity contribution in [3.05, 3.63) is 37.5 Å². The van der Waals surface area contributed by atoms with E-state index in [0.717, 1.165) is 0 Å². The zero-order valence-electron chi connectivity index (χ0n) is 13.2. The Morgan fingerprint density at radius 1 is 1.46 bits per heavy atom. The van der Waals surface area contributed by atoms with Crippen molar-refractivity contribution >= 4 is 17.1 Å². The fourth-order valence-electron chi connectivity index (χ4n) is 2.86. The standard InChI is InChI=1S/C14H17IN4O5/c1-3-14(7-16-12(20)24-14)8-18-11-6-9(15-19(22)23)4-5-10(11)17(2)13(18)21/h4-6,22H,3,7-8H2,1-2H3,(H,16,20)/q-2. The summed E-state index contributed by atoms with van der Waals surface area (Å²) in [6, 6.07) is 5.22. The Balaban J connectivity index is 2.07. The molecule has 2 heterocycles. The normalized spacial score (nSPS) is 20.8. The summed E-state index contributed by atoms with van der Waals surface area (Å²) < 4.78 is 9.10. The first kappa shape index (κ1) is 17.2. The van der Waals surface area contributed by atoms with Crippen molar-refractivity contribution in [2.45, 2.75) is 25.5 Å². The number of halogens is 1. The van der Waals surface area contributed by atoms with Crippen molar-refractivity contribution in [2.24, 2.45) is 7.05 Å². The zero-order chi connectivity index (χ0) is 17.5. The molecular formula is C14H17IN4O5-2. The van der Waals surface area contributed by atoms with Crippen LogP contribution in [0.4, 0.5) is 4.79 Å². The number of carbonyl (C=O) groups is 1. The molecule has 0 radical (unpaired) electrons. The number of alkyl carbamates (subject to hydrolysis) is 1. The van der Waals surface area contributed by atoms with Gasteiger partial charge < -0.3 is 0 Å². The number of hydrogen-bond acceptors (Lipinski definition) is 6. The summed E-state index contributed by atoms with van der Waals surface area (Å²) in [5.41, 5.74) is 0.366. The molecule has 1 saturated heterocycles. The number of aromatic nitrogens is 2. The molecule has 0 spiro atoms. The first-order valence-electron chi connectivity index (χ1n) is 7.32. The van der Waals surface area contributed by atoms with Gasteiger partial charge in [0, 0.05) is 0 Å². The van der Waals surface area contributed by atoms with Gasteiger partial charge in [-0.1, -0.05) is 0 Å². The molecule has 2 N–H and O–H groups in total. The Bertz CT molecular complexity index is 846. The predicted octanol–water partition coefficient (Wildman–Crippen LogP) is -2.41. The number of hydrogen-bond donors (Lipinski definition) is 2. The number of benzene rings is 1. The Morgan fingerprint density at radius 2 is 2.21 bits per heavy atom. The summed E-state index contributed by atoms with van der Waals surface area (Å²) in [6.45, 7) is 2.46. The second kappa shape index (κ2) is 6.35. The fraction of sp³-hybridized carbons (Fsp3) is 0.429. The fourth-order valence-corrected chi connectivity index (χ4v) is 4.11. The first-order chi connectivity index (χ1) is 11.3. The van der Waals surface area contributed by atoms with E-state index in [0.29, 0.717) is 27.6 Å². The Labute approximate surface area is 147 Å². The third-order valence-electron chi connectivity index (χ3n) is 4.23. The molecule has 10 heteroatoms. The van der Waals surface area contributed by atoms with Gasteiger partial charge in [-0.05, 0) is 0 Å². The van der Waals surface area contributed by atoms with Crippen molar-refractivity contribution < 1.29 is 36.2 Å². The topological polar surface area (TPSA) is 112 Å². The van der Waals surface area contributed by atoms with E-state index in [1.165, 1.54) is 4.57 Å². The molecule has 1 aliphatic heterocycles. The van der Waals surface area contributed by atoms with Crippen molar-refractivity contribution in [1.82, 2.24) is 17.9 Å². The monoisotopic (exact) mass is 448 g/mol. The number of rotatable bonds is 5. The average Bonchev–Trinajstić information content (AvgIpc) is 3.01. The van der Waals surface area contributed by atoms with Gasteiger partial charge in [0.05, 0.1) is 0 Å². The van der Waals surface area contributed by atoms with Crippen LogP contribution < -0.4 is 32.5 Å². The van der Waals surface area contributed by atoms with Gasteiger partial charge in [-0.25, -0.2) is 0 Å². The van der Waals surface area contributed by atoms with Gasteiger partial charge in [0.1, 0.15) is 0 Å². The third-order valence-corrected chi connectivity index (χ3v) is 5.87. The molecule has 2 aromatic rings. The van der Waals surface area contributed by atoms with E-state index in [1.54, 1.807) is 29.8 Å². The molecule has 1 amide bonds. The van der Waals surface area contributed by atoms with E-state index in [1.807, 2.05) is 6.92 Å². The third kappa shape index (κ3) is 3.01. The summed E-state index contributed by atoms with van der Waals surface area (Å²) in [6.07, 6.45) is 0.0746. The molecule has 0 saturated carbocycles. The molecule has 1 unspecified atom stereocenters. The molecular weight excluding hydrogens is 431 g/mol. The first-order valence-corrected chi connectivity index (χ1v) is 9.37. The summed E-state index contributed by atoms with van der Waals surface area (Å²) in [5, 5.41) is 22.5. The maximum atomic E-state index is 12.6. The van der Waals surface area contributed by atoms with Crippen molar-refractivity contribution in [1.29, 1.82) is 0 Å². The molecule has 3 rings (SSSR count). The van der Waals surface area contributed by atoms with Crippen molar-refractivity contribution in [3.63, 3.8) is 0 Å². The Hall–Kier alpha value is -1.63. The maximum absolute atomic E-state index is 12.6. The van der Waals surface area contributed by atoms with Gasteiger partial charge in [0.2, 0.25) is 0 Å². The second-order valence-electron chi connectivity index (χ2n) is 5.65. The number of nitrogens with one attached hydrogen (secondary N) is 1. The van der Waals surface area contributed by atoms with Gasteiger partial charge in [0.25, 0.3) is 0 Å². The summed E-state index contributed by atoms with van der Waals surface area (Å²) in [4.78, 5) is 24.0. The molecule has 132 valence electrons. The number of nitrogens with zero attached hydrogens (tertiary/aromatic N) is 3. The van der Waals surface area contributed by atoms with Gasteiger partial charge in [-0.2, -0.15) is 0 Å². The van der Waals surface area contributed by atoms with Crippen LogP contribution in [0, 0.1) is 8.78 Å². The van der Waals surface area contributed by atoms with E-state index in [-0.39, 0.29) is 15.7 Å². The van der Waals surface area contributed by atoms with Crippen LogP contribution in [0.15, 0.2) is 23.0 Å². The van der Waals surface area contributed by atoms with E-state index < -0.39 is 33.2 Å². The molecule has 1 fully saturated rings. The minimum absolute atomic E-state index is 0.0539. The minimum atomic E-state index is -1.25. The number of cyclic esters (lactones) is 1. The zero-order valence-corrected chi connectivity index (χ0v) is 15.3. The van der Waals surface area contributed by atoms with Crippen LogP contribution in [0.1, 0.15) is 13.3 Å². The van der Waals surface area contributed by atoms with Crippen molar-refractivity contribution in [2.75, 3.05) is 6.54 Å². The average molecular weight is 448 g/mol. The van der Waals surface area contributed by atoms with Gasteiger partial charge in [0.15, 0.2) is 0 Å². The molecule has 1 aromatic carbocycles. The second-order valence-corrected chi connectivity index (χ2v) is 8.20. The number of ether oxygens (including phenoxy) is 1. The summed E-state index contributed by atoms with van der Waals surface area (Å²) in [5.74, 6) is 0. The number of imidazole rings is 1. The number of carbonyl (C=O) groups excluding carboxylic acids is 1. The summed E-state index contributed by atoms with van der Waals surface area (Å²) in [7, 11) is 1.67. The van der Waals surface area contributed by atoms with E-state index in [2.05, 4.69) is 5.32 Å². The molecule has 0 aliphatic carbocycles. The van der Waals surface area contributed by atoms with Crippen LogP contribution in [0.2, 0.25) is 0 Å². The molecule has 24 heavy (non-hydrogen) atoms. The number of fused-ring (bicyclic) bond motifs is 1. The van der Waals surface area contributed by atoms with Gasteiger partial charge in [-0.15, -0.1) is 0 Å². The molecule has 1 aromatic heterocycles. The quantitative estimate of drug-likeness (QED) is 0.300. The predicted molar refractivity (Wildman–Crippen MR) is 80.4 cm³/mol. The van der Waals surface area contributed by atoms with Gasteiger partial charge >= 0.3 is 148 Å². The van der Waals surface area contributed by atoms with E-state index in [9.17, 15) is 14.8 Å². The van der Waals surface area contributed by atoms with Crippen LogP contribution in [-0.4, -0.2) is 36.0 Å². The number of amides is 1. The van der Waals surface area contributed by atoms with E-state index in [4.69, 9.17) is 9.94 Å². The van der Waals surface area contributed by atoms with Crippen LogP contribution in [-0.2, 0) is 18.3 Å². The molecule has 1 aliphatic rings. The van der Waals surface area contributed by atoms with Crippen LogP contribution in [0.25, 0.3) is 11.0 Å².